The number of nitrogens with two attached hydrogens (primary N) is 1. The highest BCUT2D eigenvalue weighted by Gasteiger charge is 2.30. The highest BCUT2D eigenvalue weighted by molar-refractivity contribution is 7.91. The lowest BCUT2D eigenvalue weighted by Crippen LogP contribution is -2.40. The molecule has 0 aromatic carbocycles. The minimum atomic E-state index is -3.62. The van der Waals surface area contributed by atoms with Gasteiger partial charge in [-0.3, -0.25) is 4.79 Å². The van der Waals surface area contributed by atoms with Gasteiger partial charge in [0.2, 0.25) is 0 Å². The van der Waals surface area contributed by atoms with Crippen LogP contribution in [-0.4, -0.2) is 44.9 Å². The van der Waals surface area contributed by atoms with E-state index in [0.717, 1.165) is 11.3 Å². The molecule has 1 amide bonds. The summed E-state index contributed by atoms with van der Waals surface area (Å²) in [6.07, 6.45) is 0. The van der Waals surface area contributed by atoms with Crippen molar-refractivity contribution in [2.75, 3.05) is 26.3 Å². The van der Waals surface area contributed by atoms with Crippen molar-refractivity contribution < 1.29 is 17.9 Å². The van der Waals surface area contributed by atoms with Crippen LogP contribution in [0.25, 0.3) is 0 Å². The van der Waals surface area contributed by atoms with Gasteiger partial charge >= 0.3 is 0 Å². The van der Waals surface area contributed by atoms with Crippen LogP contribution in [0.2, 0.25) is 0 Å². The predicted molar refractivity (Wildman–Crippen MR) is 62.4 cm³/mol. The van der Waals surface area contributed by atoms with E-state index in [4.69, 9.17) is 10.5 Å². The minimum absolute atomic E-state index is 0.0203. The van der Waals surface area contributed by atoms with E-state index in [-0.39, 0.29) is 9.77 Å². The third-order valence-electron chi connectivity index (χ3n) is 2.44. The Morgan fingerprint density at radius 3 is 2.65 bits per heavy atom. The lowest BCUT2D eigenvalue weighted by Gasteiger charge is -2.25. The Bertz CT molecular complexity index is 517. The molecule has 0 bridgehead atoms. The first kappa shape index (κ1) is 12.5. The molecule has 2 rings (SSSR count). The van der Waals surface area contributed by atoms with Gasteiger partial charge < -0.3 is 10.5 Å². The van der Waals surface area contributed by atoms with Gasteiger partial charge in [0.15, 0.2) is 0 Å². The van der Waals surface area contributed by atoms with Crippen molar-refractivity contribution in [1.82, 2.24) is 4.31 Å². The smallest absolute Gasteiger partial charge is 0.253 e. The van der Waals surface area contributed by atoms with Gasteiger partial charge in [0.05, 0.1) is 18.8 Å². The predicted octanol–water partition coefficient (Wildman–Crippen LogP) is -0.132. The second-order valence-electron chi connectivity index (χ2n) is 3.50. The zero-order valence-electron chi connectivity index (χ0n) is 8.96. The molecule has 0 radical (unpaired) electrons. The first-order chi connectivity index (χ1) is 8.03. The van der Waals surface area contributed by atoms with Gasteiger partial charge in [-0.1, -0.05) is 0 Å². The summed E-state index contributed by atoms with van der Waals surface area (Å²) < 4.78 is 30.9. The molecule has 1 aliphatic heterocycles. The summed E-state index contributed by atoms with van der Waals surface area (Å²) in [6, 6.07) is 1.43. The van der Waals surface area contributed by atoms with Crippen molar-refractivity contribution in [1.29, 1.82) is 0 Å². The molecule has 1 aromatic heterocycles. The zero-order chi connectivity index (χ0) is 12.5. The van der Waals surface area contributed by atoms with E-state index in [9.17, 15) is 13.2 Å². The monoisotopic (exact) mass is 276 g/mol. The lowest BCUT2D eigenvalue weighted by molar-refractivity contribution is 0.0731. The Hall–Kier alpha value is -0.960. The molecule has 1 aromatic rings. The van der Waals surface area contributed by atoms with Gasteiger partial charge in [-0.05, 0) is 11.4 Å². The van der Waals surface area contributed by atoms with E-state index in [0.29, 0.717) is 26.3 Å². The van der Waals surface area contributed by atoms with E-state index < -0.39 is 15.9 Å². The SMILES string of the molecule is NC(=O)c1ccsc1S(=O)(=O)N1CCOCC1. The molecule has 1 saturated heterocycles. The van der Waals surface area contributed by atoms with Gasteiger partial charge in [0.1, 0.15) is 4.21 Å². The van der Waals surface area contributed by atoms with E-state index >= 15 is 0 Å². The Morgan fingerprint density at radius 2 is 2.06 bits per heavy atom. The fourth-order valence-electron chi connectivity index (χ4n) is 1.58. The molecule has 1 aliphatic rings. The minimum Gasteiger partial charge on any atom is -0.379 e. The molecular formula is C9H12N2O4S2. The lowest BCUT2D eigenvalue weighted by atomic mass is 10.3. The molecule has 0 spiro atoms. The van der Waals surface area contributed by atoms with Gasteiger partial charge in [-0.25, -0.2) is 8.42 Å². The second kappa shape index (κ2) is 4.73. The maximum atomic E-state index is 12.2. The summed E-state index contributed by atoms with van der Waals surface area (Å²) in [7, 11) is -3.62. The molecule has 0 saturated carbocycles. The molecule has 0 unspecified atom stereocenters. The summed E-state index contributed by atoms with van der Waals surface area (Å²) in [5, 5.41) is 1.55. The normalized spacial score (nSPS) is 18.1. The number of morpholine rings is 1. The summed E-state index contributed by atoms with van der Waals surface area (Å²) in [4.78, 5) is 11.1. The molecule has 0 aliphatic carbocycles. The molecule has 94 valence electrons. The third kappa shape index (κ3) is 2.34. The largest absolute Gasteiger partial charge is 0.379 e. The first-order valence-corrected chi connectivity index (χ1v) is 7.30. The number of primary amides is 1. The van der Waals surface area contributed by atoms with Crippen molar-refractivity contribution >= 4 is 27.3 Å². The summed E-state index contributed by atoms with van der Waals surface area (Å²) >= 11 is 1.01. The zero-order valence-corrected chi connectivity index (χ0v) is 10.6. The number of ether oxygens (including phenoxy) is 1. The number of rotatable bonds is 3. The van der Waals surface area contributed by atoms with Gasteiger partial charge in [-0.2, -0.15) is 4.31 Å². The Balaban J connectivity index is 2.37. The van der Waals surface area contributed by atoms with E-state index in [1.54, 1.807) is 5.38 Å². The van der Waals surface area contributed by atoms with Crippen LogP contribution in [0.3, 0.4) is 0 Å². The number of hydrogen-bond donors (Lipinski definition) is 1. The number of carbonyl (C=O) groups excluding carboxylic acids is 1. The number of sulfonamides is 1. The summed E-state index contributed by atoms with van der Waals surface area (Å²) in [6.45, 7) is 1.35. The van der Waals surface area contributed by atoms with E-state index in [1.807, 2.05) is 0 Å². The van der Waals surface area contributed by atoms with Crippen LogP contribution < -0.4 is 5.73 Å². The topological polar surface area (TPSA) is 89.7 Å². The molecule has 17 heavy (non-hydrogen) atoms. The van der Waals surface area contributed by atoms with Crippen LogP contribution in [0.15, 0.2) is 15.7 Å². The van der Waals surface area contributed by atoms with Gasteiger partial charge in [-0.15, -0.1) is 11.3 Å². The number of carbonyl (C=O) groups is 1. The maximum absolute atomic E-state index is 12.2. The van der Waals surface area contributed by atoms with Crippen LogP contribution in [0.4, 0.5) is 0 Å². The number of hydrogen-bond acceptors (Lipinski definition) is 5. The molecule has 1 fully saturated rings. The first-order valence-electron chi connectivity index (χ1n) is 4.98. The van der Waals surface area contributed by atoms with Crippen molar-refractivity contribution in [2.24, 2.45) is 5.73 Å². The average Bonchev–Trinajstić information content (AvgIpc) is 2.80. The van der Waals surface area contributed by atoms with Crippen molar-refractivity contribution in [3.8, 4) is 0 Å². The fourth-order valence-corrected chi connectivity index (χ4v) is 4.49. The third-order valence-corrected chi connectivity index (χ3v) is 5.80. The molecule has 8 heteroatoms. The number of amides is 1. The molecule has 2 N–H and O–H groups in total. The highest BCUT2D eigenvalue weighted by Crippen LogP contribution is 2.26. The van der Waals surface area contributed by atoms with Crippen molar-refractivity contribution in [3.63, 3.8) is 0 Å². The highest BCUT2D eigenvalue weighted by atomic mass is 32.2. The van der Waals surface area contributed by atoms with E-state index in [1.165, 1.54) is 10.4 Å². The molecular weight excluding hydrogens is 264 g/mol. The Labute approximate surface area is 103 Å². The molecule has 6 nitrogen and oxygen atoms in total. The van der Waals surface area contributed by atoms with Gasteiger partial charge in [0.25, 0.3) is 15.9 Å². The summed E-state index contributed by atoms with van der Waals surface area (Å²) in [5.41, 5.74) is 5.20. The number of thiophene rings is 1. The van der Waals surface area contributed by atoms with Crippen LogP contribution >= 0.6 is 11.3 Å². The Kier molecular flexibility index (Phi) is 3.48. The molecule has 2 heterocycles. The van der Waals surface area contributed by atoms with Crippen LogP contribution in [0, 0.1) is 0 Å². The van der Waals surface area contributed by atoms with Crippen LogP contribution in [-0.2, 0) is 14.8 Å². The molecule has 0 atom stereocenters. The second-order valence-corrected chi connectivity index (χ2v) is 6.55. The number of nitrogens with zero attached hydrogens (tertiary/aromatic N) is 1. The fraction of sp³-hybridized carbons (Fsp3) is 0.444. The van der Waals surface area contributed by atoms with Gasteiger partial charge in [0, 0.05) is 13.1 Å². The van der Waals surface area contributed by atoms with Crippen LogP contribution in [0.1, 0.15) is 10.4 Å². The van der Waals surface area contributed by atoms with Crippen LogP contribution in [0.5, 0.6) is 0 Å². The Morgan fingerprint density at radius 1 is 1.41 bits per heavy atom. The summed E-state index contributed by atoms with van der Waals surface area (Å²) in [5.74, 6) is -0.724. The maximum Gasteiger partial charge on any atom is 0.253 e. The standard InChI is InChI=1S/C9H12N2O4S2/c10-8(12)7-1-6-16-9(7)17(13,14)11-2-4-15-5-3-11/h1,6H,2-5H2,(H2,10,12). The van der Waals surface area contributed by atoms with E-state index in [2.05, 4.69) is 0 Å². The van der Waals surface area contributed by atoms with Crippen molar-refractivity contribution in [3.05, 3.63) is 17.0 Å². The quantitative estimate of drug-likeness (QED) is 0.832. The van der Waals surface area contributed by atoms with Crippen molar-refractivity contribution in [2.45, 2.75) is 4.21 Å². The average molecular weight is 276 g/mol.